The van der Waals surface area contributed by atoms with Gasteiger partial charge in [0.25, 0.3) is 0 Å². The maximum Gasteiger partial charge on any atom is 0.321 e. The summed E-state index contributed by atoms with van der Waals surface area (Å²) in [6.45, 7) is 13.6. The van der Waals surface area contributed by atoms with Crippen molar-refractivity contribution in [1.82, 2.24) is 9.80 Å². The minimum absolute atomic E-state index is 0.207. The number of piperidine rings is 1. The molecule has 5 heteroatoms. The van der Waals surface area contributed by atoms with Crippen molar-refractivity contribution in [2.75, 3.05) is 38.5 Å². The fourth-order valence-corrected chi connectivity index (χ4v) is 3.49. The molecule has 1 aromatic rings. The Morgan fingerprint density at radius 2 is 2.00 bits per heavy atom. The molecule has 1 N–H and O–H groups in total. The molecule has 2 rings (SSSR count). The molecule has 1 aliphatic heterocycles. The van der Waals surface area contributed by atoms with Gasteiger partial charge < -0.3 is 15.1 Å². The first-order chi connectivity index (χ1) is 13.5. The molecule has 1 fully saturated rings. The van der Waals surface area contributed by atoms with Gasteiger partial charge in [-0.15, -0.1) is 0 Å². The van der Waals surface area contributed by atoms with Gasteiger partial charge in [-0.3, -0.25) is 4.79 Å². The number of hydrogen-bond donors (Lipinski definition) is 1. The lowest BCUT2D eigenvalue weighted by Crippen LogP contribution is -2.41. The minimum Gasteiger partial charge on any atom is -0.326 e. The number of amides is 2. The molecule has 1 aromatic carbocycles. The molecule has 1 saturated heterocycles. The second-order valence-corrected chi connectivity index (χ2v) is 7.15. The molecular formula is C23H31N3O2. The number of likely N-dealkylation sites (tertiary alicyclic amines) is 1. The highest BCUT2D eigenvalue weighted by atomic mass is 16.2. The van der Waals surface area contributed by atoms with E-state index in [-0.39, 0.29) is 6.03 Å². The highest BCUT2D eigenvalue weighted by molar-refractivity contribution is 5.95. The highest BCUT2D eigenvalue weighted by Gasteiger charge is 2.22. The number of benzene rings is 1. The standard InChI is InChI=1S/C23H31N3O2/c1-5-19(6-2)18(3)20-11-13-26(14-12-20)16-15-25(4)23(28)24-22-10-8-7-9-21(22)17-27/h5-10,17,20H,1,3,11-16H2,2,4H3,(H,24,28)/b19-6+. The fourth-order valence-electron chi connectivity index (χ4n) is 3.49. The van der Waals surface area contributed by atoms with E-state index in [1.54, 1.807) is 36.2 Å². The third-order valence-corrected chi connectivity index (χ3v) is 5.41. The van der Waals surface area contributed by atoms with Gasteiger partial charge in [-0.1, -0.05) is 37.4 Å². The summed E-state index contributed by atoms with van der Waals surface area (Å²) >= 11 is 0. The lowest BCUT2D eigenvalue weighted by atomic mass is 9.86. The summed E-state index contributed by atoms with van der Waals surface area (Å²) in [4.78, 5) is 27.5. The van der Waals surface area contributed by atoms with Crippen molar-refractivity contribution in [1.29, 1.82) is 0 Å². The number of hydrogen-bond acceptors (Lipinski definition) is 3. The molecule has 0 bridgehead atoms. The summed E-state index contributed by atoms with van der Waals surface area (Å²) in [5.74, 6) is 0.501. The van der Waals surface area contributed by atoms with Crippen LogP contribution in [0.25, 0.3) is 0 Å². The van der Waals surface area contributed by atoms with Crippen LogP contribution in [-0.2, 0) is 0 Å². The van der Waals surface area contributed by atoms with E-state index in [0.717, 1.165) is 44.3 Å². The molecule has 1 aliphatic rings. The number of carbonyl (C=O) groups is 2. The predicted octanol–water partition coefficient (Wildman–Crippen LogP) is 4.36. The van der Waals surface area contributed by atoms with Crippen molar-refractivity contribution < 1.29 is 9.59 Å². The summed E-state index contributed by atoms with van der Waals surface area (Å²) in [7, 11) is 1.77. The van der Waals surface area contributed by atoms with Crippen LogP contribution < -0.4 is 5.32 Å². The predicted molar refractivity (Wildman–Crippen MR) is 116 cm³/mol. The third-order valence-electron chi connectivity index (χ3n) is 5.41. The summed E-state index contributed by atoms with van der Waals surface area (Å²) in [6, 6.07) is 6.78. The van der Waals surface area contributed by atoms with Crippen molar-refractivity contribution in [3.8, 4) is 0 Å². The van der Waals surface area contributed by atoms with Crippen LogP contribution in [0.5, 0.6) is 0 Å². The lowest BCUT2D eigenvalue weighted by Gasteiger charge is -2.34. The van der Waals surface area contributed by atoms with Crippen LogP contribution >= 0.6 is 0 Å². The minimum atomic E-state index is -0.207. The molecule has 28 heavy (non-hydrogen) atoms. The van der Waals surface area contributed by atoms with Crippen molar-refractivity contribution >= 4 is 18.0 Å². The Morgan fingerprint density at radius 3 is 2.61 bits per heavy atom. The van der Waals surface area contributed by atoms with Crippen LogP contribution in [0.2, 0.25) is 0 Å². The summed E-state index contributed by atoms with van der Waals surface area (Å²) in [5.41, 5.74) is 3.34. The second kappa shape index (κ2) is 10.6. The first kappa shape index (κ1) is 21.6. The molecule has 5 nitrogen and oxygen atoms in total. The average Bonchev–Trinajstić information content (AvgIpc) is 2.73. The number of urea groups is 1. The molecule has 0 unspecified atom stereocenters. The molecule has 0 saturated carbocycles. The van der Waals surface area contributed by atoms with E-state index in [2.05, 4.69) is 29.5 Å². The van der Waals surface area contributed by atoms with Crippen molar-refractivity contribution in [3.63, 3.8) is 0 Å². The quantitative estimate of drug-likeness (QED) is 0.538. The number of nitrogens with one attached hydrogen (secondary N) is 1. The summed E-state index contributed by atoms with van der Waals surface area (Å²) < 4.78 is 0. The average molecular weight is 382 g/mol. The first-order valence-electron chi connectivity index (χ1n) is 9.76. The first-order valence-corrected chi connectivity index (χ1v) is 9.76. The molecule has 0 aromatic heterocycles. The van der Waals surface area contributed by atoms with E-state index in [1.807, 2.05) is 13.0 Å². The molecule has 0 atom stereocenters. The van der Waals surface area contributed by atoms with E-state index in [4.69, 9.17) is 0 Å². The number of anilines is 1. The fraction of sp³-hybridized carbons (Fsp3) is 0.391. The Kier molecular flexibility index (Phi) is 8.20. The van der Waals surface area contributed by atoms with E-state index in [1.165, 1.54) is 5.57 Å². The Hall–Kier alpha value is -2.66. The molecular weight excluding hydrogens is 350 g/mol. The topological polar surface area (TPSA) is 52.6 Å². The molecule has 2 amide bonds. The normalized spacial score (nSPS) is 15.7. The van der Waals surface area contributed by atoms with Crippen LogP contribution in [0.1, 0.15) is 30.1 Å². The SMILES string of the molecule is C=C/C(=C\C)C(=C)C1CCN(CCN(C)C(=O)Nc2ccccc2C=O)CC1. The lowest BCUT2D eigenvalue weighted by molar-refractivity contribution is 0.112. The number of aldehydes is 1. The van der Waals surface area contributed by atoms with Crippen LogP contribution in [-0.4, -0.2) is 55.3 Å². The van der Waals surface area contributed by atoms with Crippen LogP contribution in [0.4, 0.5) is 10.5 Å². The summed E-state index contributed by atoms with van der Waals surface area (Å²) in [6.07, 6.45) is 6.85. The Labute approximate surface area is 168 Å². The van der Waals surface area contributed by atoms with Crippen molar-refractivity contribution in [2.24, 2.45) is 5.92 Å². The number of rotatable bonds is 8. The van der Waals surface area contributed by atoms with Gasteiger partial charge in [0, 0.05) is 25.7 Å². The van der Waals surface area contributed by atoms with Crippen LogP contribution in [0.15, 0.2) is 60.7 Å². The maximum absolute atomic E-state index is 12.4. The number of para-hydroxylation sites is 1. The number of allylic oxidation sites excluding steroid dienone is 4. The van der Waals surface area contributed by atoms with Crippen molar-refractivity contribution in [3.05, 3.63) is 66.3 Å². The van der Waals surface area contributed by atoms with Gasteiger partial charge in [0.2, 0.25) is 0 Å². The second-order valence-electron chi connectivity index (χ2n) is 7.15. The van der Waals surface area contributed by atoms with Gasteiger partial charge in [0.1, 0.15) is 0 Å². The highest BCUT2D eigenvalue weighted by Crippen LogP contribution is 2.28. The van der Waals surface area contributed by atoms with E-state index < -0.39 is 0 Å². The zero-order valence-electron chi connectivity index (χ0n) is 17.0. The van der Waals surface area contributed by atoms with E-state index in [9.17, 15) is 9.59 Å². The third kappa shape index (κ3) is 5.67. The van der Waals surface area contributed by atoms with Crippen molar-refractivity contribution in [2.45, 2.75) is 19.8 Å². The van der Waals surface area contributed by atoms with E-state index >= 15 is 0 Å². The summed E-state index contributed by atoms with van der Waals surface area (Å²) in [5, 5.41) is 2.81. The molecule has 0 radical (unpaired) electrons. The zero-order chi connectivity index (χ0) is 20.5. The van der Waals surface area contributed by atoms with Gasteiger partial charge >= 0.3 is 6.03 Å². The van der Waals surface area contributed by atoms with Gasteiger partial charge in [0.05, 0.1) is 5.69 Å². The number of likely N-dealkylation sites (N-methyl/N-ethyl adjacent to an activating group) is 1. The van der Waals surface area contributed by atoms with E-state index in [0.29, 0.717) is 23.7 Å². The molecule has 0 spiro atoms. The number of nitrogens with zero attached hydrogens (tertiary/aromatic N) is 2. The molecule has 150 valence electrons. The Morgan fingerprint density at radius 1 is 1.32 bits per heavy atom. The smallest absolute Gasteiger partial charge is 0.321 e. The monoisotopic (exact) mass is 381 g/mol. The largest absolute Gasteiger partial charge is 0.326 e. The zero-order valence-corrected chi connectivity index (χ0v) is 17.0. The van der Waals surface area contributed by atoms with Gasteiger partial charge in [0.15, 0.2) is 6.29 Å². The molecule has 1 heterocycles. The number of carbonyl (C=O) groups excluding carboxylic acids is 2. The van der Waals surface area contributed by atoms with Gasteiger partial charge in [-0.25, -0.2) is 4.79 Å². The maximum atomic E-state index is 12.4. The van der Waals surface area contributed by atoms with Crippen LogP contribution in [0.3, 0.4) is 0 Å². The van der Waals surface area contributed by atoms with Gasteiger partial charge in [-0.05, 0) is 62.1 Å². The van der Waals surface area contributed by atoms with Crippen LogP contribution in [0, 0.1) is 5.92 Å². The Bertz CT molecular complexity index is 746. The molecule has 0 aliphatic carbocycles. The Balaban J connectivity index is 1.78. The van der Waals surface area contributed by atoms with Gasteiger partial charge in [-0.2, -0.15) is 0 Å².